The van der Waals surface area contributed by atoms with E-state index in [9.17, 15) is 9.90 Å². The lowest BCUT2D eigenvalue weighted by Gasteiger charge is -2.15. The third-order valence-electron chi connectivity index (χ3n) is 3.70. The molecule has 5 nitrogen and oxygen atoms in total. The van der Waals surface area contributed by atoms with Crippen LogP contribution in [0.3, 0.4) is 0 Å². The van der Waals surface area contributed by atoms with Crippen molar-refractivity contribution in [3.05, 3.63) is 53.9 Å². The van der Waals surface area contributed by atoms with Crippen LogP contribution in [0.15, 0.2) is 42.7 Å². The molecular weight excluding hydrogens is 290 g/mol. The number of carboxylic acids is 1. The minimum Gasteiger partial charge on any atom is -0.481 e. The molecule has 0 saturated carbocycles. The second-order valence-corrected chi connectivity index (χ2v) is 6.33. The summed E-state index contributed by atoms with van der Waals surface area (Å²) in [5.74, 6) is -0.688. The summed E-state index contributed by atoms with van der Waals surface area (Å²) in [6.45, 7) is 5.95. The molecule has 0 amide bonds. The zero-order valence-electron chi connectivity index (χ0n) is 13.8. The van der Waals surface area contributed by atoms with Crippen LogP contribution in [0.2, 0.25) is 0 Å². The van der Waals surface area contributed by atoms with E-state index in [1.807, 2.05) is 49.1 Å². The second-order valence-electron chi connectivity index (χ2n) is 6.33. The SMILES string of the molecule is CC(C)CC(CNCc1cnn(Cc2ccccc2)c1)C(=O)O. The van der Waals surface area contributed by atoms with Gasteiger partial charge in [0.25, 0.3) is 0 Å². The van der Waals surface area contributed by atoms with Crippen LogP contribution in [0, 0.1) is 11.8 Å². The Balaban J connectivity index is 1.81. The maximum atomic E-state index is 11.2. The van der Waals surface area contributed by atoms with E-state index in [2.05, 4.69) is 22.5 Å². The first-order valence-corrected chi connectivity index (χ1v) is 8.03. The number of aliphatic carboxylic acids is 1. The summed E-state index contributed by atoms with van der Waals surface area (Å²) < 4.78 is 1.90. The van der Waals surface area contributed by atoms with Crippen molar-refractivity contribution in [3.63, 3.8) is 0 Å². The number of hydrogen-bond donors (Lipinski definition) is 2. The first kappa shape index (κ1) is 17.2. The molecule has 0 fully saturated rings. The van der Waals surface area contributed by atoms with Crippen molar-refractivity contribution in [1.82, 2.24) is 15.1 Å². The lowest BCUT2D eigenvalue weighted by atomic mass is 9.97. The van der Waals surface area contributed by atoms with Crippen LogP contribution in [0.5, 0.6) is 0 Å². The van der Waals surface area contributed by atoms with E-state index in [1.54, 1.807) is 0 Å². The highest BCUT2D eigenvalue weighted by Crippen LogP contribution is 2.11. The molecule has 0 aliphatic rings. The second kappa shape index (κ2) is 8.48. The lowest BCUT2D eigenvalue weighted by Crippen LogP contribution is -2.29. The standard InChI is InChI=1S/C18H25N3O2/c1-14(2)8-17(18(22)23)11-19-9-16-10-20-21(13-16)12-15-6-4-3-5-7-15/h3-7,10,13-14,17,19H,8-9,11-12H2,1-2H3,(H,22,23). The molecule has 0 bridgehead atoms. The Kier molecular flexibility index (Phi) is 6.35. The molecule has 2 aromatic rings. The number of carbonyl (C=O) groups is 1. The number of rotatable bonds is 9. The van der Waals surface area contributed by atoms with Crippen LogP contribution in [-0.4, -0.2) is 27.4 Å². The summed E-state index contributed by atoms with van der Waals surface area (Å²) in [6, 6.07) is 10.2. The van der Waals surface area contributed by atoms with Crippen molar-refractivity contribution in [1.29, 1.82) is 0 Å². The Bertz CT molecular complexity index is 608. The van der Waals surface area contributed by atoms with Gasteiger partial charge in [-0.2, -0.15) is 5.10 Å². The minimum absolute atomic E-state index is 0.339. The van der Waals surface area contributed by atoms with E-state index in [-0.39, 0.29) is 5.92 Å². The van der Waals surface area contributed by atoms with E-state index in [4.69, 9.17) is 0 Å². The van der Waals surface area contributed by atoms with Crippen molar-refractivity contribution >= 4 is 5.97 Å². The Morgan fingerprint density at radius 3 is 2.65 bits per heavy atom. The van der Waals surface area contributed by atoms with E-state index >= 15 is 0 Å². The van der Waals surface area contributed by atoms with Gasteiger partial charge in [-0.1, -0.05) is 44.2 Å². The molecule has 1 heterocycles. The van der Waals surface area contributed by atoms with Gasteiger partial charge in [0.2, 0.25) is 0 Å². The largest absolute Gasteiger partial charge is 0.481 e. The van der Waals surface area contributed by atoms with Crippen molar-refractivity contribution in [3.8, 4) is 0 Å². The lowest BCUT2D eigenvalue weighted by molar-refractivity contribution is -0.142. The molecule has 5 heteroatoms. The molecular formula is C18H25N3O2. The van der Waals surface area contributed by atoms with E-state index in [0.717, 1.165) is 12.1 Å². The molecule has 2 rings (SSSR count). The fourth-order valence-corrected chi connectivity index (χ4v) is 2.59. The molecule has 0 radical (unpaired) electrons. The number of aromatic nitrogens is 2. The molecule has 2 N–H and O–H groups in total. The molecule has 1 atom stereocenters. The minimum atomic E-state index is -0.731. The maximum absolute atomic E-state index is 11.2. The van der Waals surface area contributed by atoms with Gasteiger partial charge in [-0.3, -0.25) is 9.48 Å². The van der Waals surface area contributed by atoms with E-state index < -0.39 is 5.97 Å². The topological polar surface area (TPSA) is 67.2 Å². The number of hydrogen-bond acceptors (Lipinski definition) is 3. The Hall–Kier alpha value is -2.14. The van der Waals surface area contributed by atoms with Crippen LogP contribution >= 0.6 is 0 Å². The Morgan fingerprint density at radius 2 is 2.00 bits per heavy atom. The molecule has 23 heavy (non-hydrogen) atoms. The Labute approximate surface area is 137 Å². The predicted molar refractivity (Wildman–Crippen MR) is 90.1 cm³/mol. The number of nitrogens with zero attached hydrogens (tertiary/aromatic N) is 2. The van der Waals surface area contributed by atoms with Crippen molar-refractivity contribution in [2.24, 2.45) is 11.8 Å². The van der Waals surface area contributed by atoms with Crippen LogP contribution in [0.25, 0.3) is 0 Å². The normalized spacial score (nSPS) is 12.5. The summed E-state index contributed by atoms with van der Waals surface area (Å²) in [4.78, 5) is 11.2. The third kappa shape index (κ3) is 5.87. The number of benzene rings is 1. The quantitative estimate of drug-likeness (QED) is 0.747. The average molecular weight is 315 g/mol. The summed E-state index contributed by atoms with van der Waals surface area (Å²) in [7, 11) is 0. The zero-order valence-corrected chi connectivity index (χ0v) is 13.8. The summed E-state index contributed by atoms with van der Waals surface area (Å²) in [5, 5.41) is 16.8. The predicted octanol–water partition coefficient (Wildman–Crippen LogP) is 2.77. The highest BCUT2D eigenvalue weighted by molar-refractivity contribution is 5.70. The van der Waals surface area contributed by atoms with Gasteiger partial charge in [-0.15, -0.1) is 0 Å². The summed E-state index contributed by atoms with van der Waals surface area (Å²) in [5.41, 5.74) is 2.27. The van der Waals surface area contributed by atoms with Crippen LogP contribution in [0.4, 0.5) is 0 Å². The van der Waals surface area contributed by atoms with Gasteiger partial charge in [0.1, 0.15) is 0 Å². The first-order valence-electron chi connectivity index (χ1n) is 8.03. The van der Waals surface area contributed by atoms with Gasteiger partial charge in [0, 0.05) is 24.8 Å². The van der Waals surface area contributed by atoms with Gasteiger partial charge in [0.05, 0.1) is 18.7 Å². The fraction of sp³-hybridized carbons (Fsp3) is 0.444. The highest BCUT2D eigenvalue weighted by Gasteiger charge is 2.18. The van der Waals surface area contributed by atoms with Gasteiger partial charge in [-0.25, -0.2) is 0 Å². The maximum Gasteiger partial charge on any atom is 0.307 e. The smallest absolute Gasteiger partial charge is 0.307 e. The van der Waals surface area contributed by atoms with Crippen molar-refractivity contribution < 1.29 is 9.90 Å². The third-order valence-corrected chi connectivity index (χ3v) is 3.70. The van der Waals surface area contributed by atoms with E-state index in [0.29, 0.717) is 25.4 Å². The molecule has 0 spiro atoms. The molecule has 1 unspecified atom stereocenters. The molecule has 1 aromatic heterocycles. The molecule has 0 aliphatic carbocycles. The average Bonchev–Trinajstić information content (AvgIpc) is 2.94. The van der Waals surface area contributed by atoms with Crippen LogP contribution in [-0.2, 0) is 17.9 Å². The molecule has 0 saturated heterocycles. The molecule has 1 aromatic carbocycles. The number of carboxylic acid groups (broad SMARTS) is 1. The fourth-order valence-electron chi connectivity index (χ4n) is 2.59. The van der Waals surface area contributed by atoms with Crippen LogP contribution < -0.4 is 5.32 Å². The Morgan fingerprint density at radius 1 is 1.26 bits per heavy atom. The monoisotopic (exact) mass is 315 g/mol. The highest BCUT2D eigenvalue weighted by atomic mass is 16.4. The summed E-state index contributed by atoms with van der Waals surface area (Å²) >= 11 is 0. The molecule has 124 valence electrons. The zero-order chi connectivity index (χ0) is 16.7. The van der Waals surface area contributed by atoms with Crippen LogP contribution in [0.1, 0.15) is 31.4 Å². The molecule has 0 aliphatic heterocycles. The van der Waals surface area contributed by atoms with Gasteiger partial charge in [-0.05, 0) is 17.9 Å². The van der Waals surface area contributed by atoms with Crippen molar-refractivity contribution in [2.45, 2.75) is 33.4 Å². The van der Waals surface area contributed by atoms with E-state index in [1.165, 1.54) is 5.56 Å². The number of nitrogens with one attached hydrogen (secondary N) is 1. The van der Waals surface area contributed by atoms with Crippen molar-refractivity contribution in [2.75, 3.05) is 6.54 Å². The van der Waals surface area contributed by atoms with Gasteiger partial charge in [0.15, 0.2) is 0 Å². The van der Waals surface area contributed by atoms with Gasteiger partial charge >= 0.3 is 5.97 Å². The first-order chi connectivity index (χ1) is 11.0. The summed E-state index contributed by atoms with van der Waals surface area (Å²) in [6.07, 6.45) is 4.52. The van der Waals surface area contributed by atoms with Gasteiger partial charge < -0.3 is 10.4 Å².